The van der Waals surface area contributed by atoms with Gasteiger partial charge in [-0.25, -0.2) is 9.59 Å². The van der Waals surface area contributed by atoms with E-state index in [1.165, 1.54) is 13.3 Å². The van der Waals surface area contributed by atoms with Crippen molar-refractivity contribution in [2.75, 3.05) is 19.0 Å². The third-order valence-corrected chi connectivity index (χ3v) is 4.71. The van der Waals surface area contributed by atoms with E-state index in [1.54, 1.807) is 45.0 Å². The Hall–Kier alpha value is -3.87. The third-order valence-electron chi connectivity index (χ3n) is 4.71. The number of aromatic nitrogens is 2. The molecule has 2 aromatic rings. The van der Waals surface area contributed by atoms with Gasteiger partial charge in [0, 0.05) is 5.56 Å². The zero-order valence-electron chi connectivity index (χ0n) is 21.3. The van der Waals surface area contributed by atoms with Crippen molar-refractivity contribution in [2.24, 2.45) is 5.92 Å². The predicted octanol–water partition coefficient (Wildman–Crippen LogP) is 4.90. The van der Waals surface area contributed by atoms with Gasteiger partial charge in [-0.1, -0.05) is 19.9 Å². The summed E-state index contributed by atoms with van der Waals surface area (Å²) in [7, 11) is 1.25. The van der Waals surface area contributed by atoms with Gasteiger partial charge in [-0.15, -0.1) is 5.10 Å². The van der Waals surface area contributed by atoms with Gasteiger partial charge < -0.3 is 19.5 Å². The molecule has 0 fully saturated rings. The average Bonchev–Trinajstić information content (AvgIpc) is 2.75. The number of nitriles is 1. The molecule has 1 atom stereocenters. The zero-order chi connectivity index (χ0) is 26.2. The minimum absolute atomic E-state index is 0.141. The van der Waals surface area contributed by atoms with Crippen LogP contribution in [0.3, 0.4) is 0 Å². The van der Waals surface area contributed by atoms with Crippen molar-refractivity contribution in [3.05, 3.63) is 36.0 Å². The van der Waals surface area contributed by atoms with Crippen LogP contribution in [0.4, 0.5) is 15.4 Å². The Morgan fingerprint density at radius 1 is 1.11 bits per heavy atom. The number of rotatable bonds is 8. The molecule has 10 nitrogen and oxygen atoms in total. The van der Waals surface area contributed by atoms with Gasteiger partial charge in [-0.2, -0.15) is 10.4 Å². The largest absolute Gasteiger partial charge is 0.490 e. The van der Waals surface area contributed by atoms with Crippen molar-refractivity contribution in [1.29, 1.82) is 5.26 Å². The van der Waals surface area contributed by atoms with Gasteiger partial charge in [-0.05, 0) is 63.8 Å². The highest BCUT2D eigenvalue weighted by Crippen LogP contribution is 2.28. The maximum atomic E-state index is 12.4. The highest BCUT2D eigenvalue weighted by molar-refractivity contribution is 5.84. The zero-order valence-corrected chi connectivity index (χ0v) is 21.3. The van der Waals surface area contributed by atoms with Crippen LogP contribution in [0.2, 0.25) is 0 Å². The van der Waals surface area contributed by atoms with Crippen molar-refractivity contribution < 1.29 is 23.8 Å². The fourth-order valence-electron chi connectivity index (χ4n) is 3.50. The number of hydrogen-bond acceptors (Lipinski definition) is 8. The van der Waals surface area contributed by atoms with E-state index in [1.807, 2.05) is 6.92 Å². The molecule has 0 radical (unpaired) electrons. The van der Waals surface area contributed by atoms with Gasteiger partial charge in [-0.3, -0.25) is 5.32 Å². The summed E-state index contributed by atoms with van der Waals surface area (Å²) in [6.07, 6.45) is 0.971. The molecule has 0 aliphatic carbocycles. The standard InChI is InChI=1S/C25H33N5O5/c1-16(2)12-25(6,29-23(32)35-24(3,4)5)15-34-20-9-8-17(10-18(20)13-26)19-11-21(30-27-14-19)28-22(31)33-7/h8-11,14,16H,12,15H2,1-7H3,(H,29,32)(H,28,30,31)/t25-/m0/s1. The molecule has 0 aliphatic rings. The number of carbonyl (C=O) groups excluding carboxylic acids is 2. The molecule has 188 valence electrons. The van der Waals surface area contributed by atoms with Crippen LogP contribution >= 0.6 is 0 Å². The molecule has 0 saturated heterocycles. The summed E-state index contributed by atoms with van der Waals surface area (Å²) >= 11 is 0. The summed E-state index contributed by atoms with van der Waals surface area (Å²) in [4.78, 5) is 23.9. The van der Waals surface area contributed by atoms with Crippen molar-refractivity contribution in [3.63, 3.8) is 0 Å². The molecule has 1 aromatic carbocycles. The van der Waals surface area contributed by atoms with Crippen molar-refractivity contribution in [1.82, 2.24) is 15.5 Å². The van der Waals surface area contributed by atoms with Crippen LogP contribution in [0.15, 0.2) is 30.5 Å². The lowest BCUT2D eigenvalue weighted by atomic mass is 9.91. The quantitative estimate of drug-likeness (QED) is 0.541. The molecule has 1 heterocycles. The summed E-state index contributed by atoms with van der Waals surface area (Å²) < 4.78 is 16.0. The first kappa shape index (κ1) is 27.4. The Balaban J connectivity index is 2.22. The van der Waals surface area contributed by atoms with Gasteiger partial charge in [0.25, 0.3) is 0 Å². The maximum Gasteiger partial charge on any atom is 0.412 e. The van der Waals surface area contributed by atoms with Crippen LogP contribution in [0.5, 0.6) is 5.75 Å². The maximum absolute atomic E-state index is 12.4. The second-order valence-electron chi connectivity index (χ2n) is 9.84. The van der Waals surface area contributed by atoms with Gasteiger partial charge in [0.1, 0.15) is 24.0 Å². The monoisotopic (exact) mass is 483 g/mol. The van der Waals surface area contributed by atoms with Gasteiger partial charge in [0.05, 0.1) is 24.4 Å². The Morgan fingerprint density at radius 2 is 1.83 bits per heavy atom. The van der Waals surface area contributed by atoms with Crippen LogP contribution in [-0.2, 0) is 9.47 Å². The summed E-state index contributed by atoms with van der Waals surface area (Å²) in [5.74, 6) is 0.876. The molecule has 2 amide bonds. The van der Waals surface area contributed by atoms with Gasteiger partial charge in [0.2, 0.25) is 0 Å². The van der Waals surface area contributed by atoms with Crippen molar-refractivity contribution in [3.8, 4) is 22.9 Å². The number of alkyl carbamates (subject to hydrolysis) is 1. The third kappa shape index (κ3) is 8.77. The lowest BCUT2D eigenvalue weighted by molar-refractivity contribution is 0.0408. The topological polar surface area (TPSA) is 135 Å². The van der Waals surface area contributed by atoms with E-state index < -0.39 is 23.3 Å². The minimum atomic E-state index is -0.717. The lowest BCUT2D eigenvalue weighted by Crippen LogP contribution is -2.52. The van der Waals surface area contributed by atoms with E-state index in [9.17, 15) is 14.9 Å². The molecule has 1 aromatic heterocycles. The molecule has 0 aliphatic heterocycles. The molecule has 2 N–H and O–H groups in total. The molecule has 10 heteroatoms. The molecular formula is C25H33N5O5. The Labute approximate surface area is 206 Å². The van der Waals surface area contributed by atoms with Crippen LogP contribution < -0.4 is 15.4 Å². The fourth-order valence-corrected chi connectivity index (χ4v) is 3.50. The second-order valence-corrected chi connectivity index (χ2v) is 9.84. The van der Waals surface area contributed by atoms with E-state index in [0.717, 1.165) is 0 Å². The number of amides is 2. The van der Waals surface area contributed by atoms with E-state index in [4.69, 9.17) is 9.47 Å². The van der Waals surface area contributed by atoms with Crippen LogP contribution in [0, 0.1) is 17.2 Å². The number of benzene rings is 1. The molecule has 0 bridgehead atoms. The van der Waals surface area contributed by atoms with E-state index in [2.05, 4.69) is 45.5 Å². The molecular weight excluding hydrogens is 450 g/mol. The van der Waals surface area contributed by atoms with Crippen molar-refractivity contribution >= 4 is 18.0 Å². The molecule has 0 unspecified atom stereocenters. The predicted molar refractivity (Wildman–Crippen MR) is 131 cm³/mol. The number of nitrogens with zero attached hydrogens (tertiary/aromatic N) is 3. The van der Waals surface area contributed by atoms with Gasteiger partial charge >= 0.3 is 12.2 Å². The lowest BCUT2D eigenvalue weighted by Gasteiger charge is -2.33. The minimum Gasteiger partial charge on any atom is -0.490 e. The number of carbonyl (C=O) groups is 2. The van der Waals surface area contributed by atoms with E-state index in [0.29, 0.717) is 28.9 Å². The first-order valence-electron chi connectivity index (χ1n) is 11.2. The van der Waals surface area contributed by atoms with E-state index in [-0.39, 0.29) is 18.3 Å². The number of ether oxygens (including phenoxy) is 3. The Morgan fingerprint density at radius 3 is 2.43 bits per heavy atom. The van der Waals surface area contributed by atoms with Crippen LogP contribution in [0.1, 0.15) is 53.5 Å². The Kier molecular flexibility index (Phi) is 9.00. The second kappa shape index (κ2) is 11.5. The van der Waals surface area contributed by atoms with Gasteiger partial charge in [0.15, 0.2) is 5.82 Å². The SMILES string of the molecule is COC(=O)Nc1cc(-c2ccc(OC[C@](C)(CC(C)C)NC(=O)OC(C)(C)C)c(C#N)c2)cnn1. The first-order chi connectivity index (χ1) is 16.3. The van der Waals surface area contributed by atoms with Crippen molar-refractivity contribution in [2.45, 2.75) is 59.1 Å². The number of anilines is 1. The van der Waals surface area contributed by atoms with Crippen LogP contribution in [0.25, 0.3) is 11.1 Å². The Bertz CT molecular complexity index is 1090. The molecule has 0 spiro atoms. The summed E-state index contributed by atoms with van der Waals surface area (Å²) in [6, 6.07) is 8.89. The first-order valence-corrected chi connectivity index (χ1v) is 11.2. The fraction of sp³-hybridized carbons (Fsp3) is 0.480. The summed E-state index contributed by atoms with van der Waals surface area (Å²) in [5.41, 5.74) is 0.303. The summed E-state index contributed by atoms with van der Waals surface area (Å²) in [5, 5.41) is 22.8. The van der Waals surface area contributed by atoms with Crippen LogP contribution in [-0.4, -0.2) is 47.2 Å². The number of nitrogens with one attached hydrogen (secondary N) is 2. The highest BCUT2D eigenvalue weighted by atomic mass is 16.6. The molecule has 0 saturated carbocycles. The average molecular weight is 484 g/mol. The number of hydrogen-bond donors (Lipinski definition) is 2. The molecule has 2 rings (SSSR count). The van der Waals surface area contributed by atoms with E-state index >= 15 is 0 Å². The highest BCUT2D eigenvalue weighted by Gasteiger charge is 2.31. The smallest absolute Gasteiger partial charge is 0.412 e. The normalized spacial score (nSPS) is 12.8. The number of methoxy groups -OCH3 is 1. The summed E-state index contributed by atoms with van der Waals surface area (Å²) in [6.45, 7) is 11.5. The molecule has 35 heavy (non-hydrogen) atoms.